The van der Waals surface area contributed by atoms with Gasteiger partial charge < -0.3 is 0 Å². The molecule has 0 spiro atoms. The van der Waals surface area contributed by atoms with Crippen LogP contribution in [0.25, 0.3) is 5.65 Å². The van der Waals surface area contributed by atoms with Gasteiger partial charge in [0.25, 0.3) is 0 Å². The van der Waals surface area contributed by atoms with E-state index in [9.17, 15) is 0 Å². The number of hydrogen-bond acceptors (Lipinski definition) is 4. The Morgan fingerprint density at radius 3 is 2.82 bits per heavy atom. The maximum Gasteiger partial charge on any atom is 0.197 e. The monoisotopic (exact) mass is 242 g/mol. The second-order valence-electron chi connectivity index (χ2n) is 3.57. The molecule has 0 saturated carbocycles. The zero-order chi connectivity index (χ0) is 11.5. The SMILES string of the molecule is c1ccc(CSc2nnc3ccncn23)cc1. The summed E-state index contributed by atoms with van der Waals surface area (Å²) in [6.45, 7) is 0. The fourth-order valence-electron chi connectivity index (χ4n) is 1.55. The molecule has 0 bridgehead atoms. The van der Waals surface area contributed by atoms with Gasteiger partial charge in [-0.05, 0) is 5.56 Å². The largest absolute Gasteiger partial charge is 0.260 e. The molecule has 0 fully saturated rings. The van der Waals surface area contributed by atoms with E-state index in [1.165, 1.54) is 5.56 Å². The summed E-state index contributed by atoms with van der Waals surface area (Å²) >= 11 is 1.66. The van der Waals surface area contributed by atoms with Gasteiger partial charge in [0, 0.05) is 18.0 Å². The van der Waals surface area contributed by atoms with Crippen LogP contribution in [-0.4, -0.2) is 19.6 Å². The minimum absolute atomic E-state index is 0.829. The maximum atomic E-state index is 4.15. The van der Waals surface area contributed by atoms with Crippen LogP contribution in [0.5, 0.6) is 0 Å². The first-order chi connectivity index (χ1) is 8.43. The van der Waals surface area contributed by atoms with Gasteiger partial charge in [-0.3, -0.25) is 4.40 Å². The Balaban J connectivity index is 1.82. The molecule has 3 aromatic rings. The number of hydrogen-bond donors (Lipinski definition) is 0. The molecule has 0 aliphatic heterocycles. The minimum Gasteiger partial charge on any atom is -0.260 e. The van der Waals surface area contributed by atoms with Gasteiger partial charge in [0.15, 0.2) is 10.8 Å². The Hall–Kier alpha value is -1.88. The van der Waals surface area contributed by atoms with E-state index in [1.54, 1.807) is 24.3 Å². The highest BCUT2D eigenvalue weighted by Gasteiger charge is 2.05. The van der Waals surface area contributed by atoms with E-state index in [4.69, 9.17) is 0 Å². The van der Waals surface area contributed by atoms with Gasteiger partial charge in [-0.1, -0.05) is 42.1 Å². The van der Waals surface area contributed by atoms with E-state index < -0.39 is 0 Å². The topological polar surface area (TPSA) is 43.1 Å². The van der Waals surface area contributed by atoms with Crippen LogP contribution in [0.3, 0.4) is 0 Å². The summed E-state index contributed by atoms with van der Waals surface area (Å²) in [4.78, 5) is 4.07. The Morgan fingerprint density at radius 1 is 1.06 bits per heavy atom. The molecule has 84 valence electrons. The van der Waals surface area contributed by atoms with Crippen molar-refractivity contribution in [2.24, 2.45) is 0 Å². The van der Waals surface area contributed by atoms with Crippen molar-refractivity contribution in [1.82, 2.24) is 19.6 Å². The van der Waals surface area contributed by atoms with Gasteiger partial charge in [0.1, 0.15) is 6.33 Å². The summed E-state index contributed by atoms with van der Waals surface area (Å²) in [7, 11) is 0. The van der Waals surface area contributed by atoms with Gasteiger partial charge in [0.2, 0.25) is 0 Å². The van der Waals surface area contributed by atoms with Crippen LogP contribution in [0.1, 0.15) is 5.56 Å². The summed E-state index contributed by atoms with van der Waals surface area (Å²) in [5.41, 5.74) is 2.11. The molecule has 0 aliphatic rings. The van der Waals surface area contributed by atoms with Crippen molar-refractivity contribution in [1.29, 1.82) is 0 Å². The highest BCUT2D eigenvalue weighted by atomic mass is 32.2. The minimum atomic E-state index is 0.829. The average Bonchev–Trinajstić information content (AvgIpc) is 2.81. The molecular weight excluding hydrogens is 232 g/mol. The third-order valence-corrected chi connectivity index (χ3v) is 3.41. The highest BCUT2D eigenvalue weighted by Crippen LogP contribution is 2.20. The van der Waals surface area contributed by atoms with Crippen LogP contribution in [-0.2, 0) is 5.75 Å². The number of aromatic nitrogens is 4. The summed E-state index contributed by atoms with van der Waals surface area (Å²) in [5.74, 6) is 0.885. The lowest BCUT2D eigenvalue weighted by atomic mass is 10.2. The quantitative estimate of drug-likeness (QED) is 0.661. The lowest BCUT2D eigenvalue weighted by Crippen LogP contribution is -1.89. The Kier molecular flexibility index (Phi) is 2.75. The molecule has 0 aliphatic carbocycles. The number of fused-ring (bicyclic) bond motifs is 1. The molecular formula is C12H10N4S. The van der Waals surface area contributed by atoms with Crippen LogP contribution >= 0.6 is 11.8 Å². The number of benzene rings is 1. The van der Waals surface area contributed by atoms with Crippen molar-refractivity contribution in [2.45, 2.75) is 10.9 Å². The molecule has 0 N–H and O–H groups in total. The molecule has 0 saturated heterocycles. The number of nitrogens with zero attached hydrogens (tertiary/aromatic N) is 4. The standard InChI is InChI=1S/C12H10N4S/c1-2-4-10(5-3-1)8-17-12-15-14-11-6-7-13-9-16(11)12/h1-7,9H,8H2. The Morgan fingerprint density at radius 2 is 1.94 bits per heavy atom. The predicted molar refractivity (Wildman–Crippen MR) is 66.8 cm³/mol. The molecule has 4 nitrogen and oxygen atoms in total. The third-order valence-electron chi connectivity index (χ3n) is 2.39. The number of rotatable bonds is 3. The highest BCUT2D eigenvalue weighted by molar-refractivity contribution is 7.98. The van der Waals surface area contributed by atoms with E-state index >= 15 is 0 Å². The van der Waals surface area contributed by atoms with Gasteiger partial charge in [-0.15, -0.1) is 10.2 Å². The summed E-state index contributed by atoms with van der Waals surface area (Å²) in [6, 6.07) is 12.2. The lowest BCUT2D eigenvalue weighted by Gasteiger charge is -1.99. The first-order valence-corrected chi connectivity index (χ1v) is 6.23. The lowest BCUT2D eigenvalue weighted by molar-refractivity contribution is 0.902. The van der Waals surface area contributed by atoms with Crippen molar-refractivity contribution in [3.63, 3.8) is 0 Å². The van der Waals surface area contributed by atoms with Crippen molar-refractivity contribution in [2.75, 3.05) is 0 Å². The van der Waals surface area contributed by atoms with E-state index in [2.05, 4.69) is 27.3 Å². The Labute approximate surface area is 103 Å². The van der Waals surface area contributed by atoms with Crippen LogP contribution in [0.15, 0.2) is 54.1 Å². The molecule has 0 unspecified atom stereocenters. The maximum absolute atomic E-state index is 4.15. The number of thioether (sulfide) groups is 1. The van der Waals surface area contributed by atoms with Gasteiger partial charge in [0.05, 0.1) is 0 Å². The van der Waals surface area contributed by atoms with Gasteiger partial charge >= 0.3 is 0 Å². The normalized spacial score (nSPS) is 10.8. The van der Waals surface area contributed by atoms with Crippen molar-refractivity contribution < 1.29 is 0 Å². The first-order valence-electron chi connectivity index (χ1n) is 5.25. The van der Waals surface area contributed by atoms with E-state index in [0.29, 0.717) is 0 Å². The van der Waals surface area contributed by atoms with Gasteiger partial charge in [-0.2, -0.15) is 0 Å². The molecule has 5 heteroatoms. The Bertz CT molecular complexity index is 620. The van der Waals surface area contributed by atoms with Crippen molar-refractivity contribution >= 4 is 17.4 Å². The fourth-order valence-corrected chi connectivity index (χ4v) is 2.41. The molecule has 2 heterocycles. The first kappa shape index (κ1) is 10.3. The van der Waals surface area contributed by atoms with Crippen LogP contribution < -0.4 is 0 Å². The summed E-state index contributed by atoms with van der Waals surface area (Å²) in [6.07, 6.45) is 3.46. The van der Waals surface area contributed by atoms with E-state index in [1.807, 2.05) is 28.7 Å². The van der Waals surface area contributed by atoms with Gasteiger partial charge in [-0.25, -0.2) is 4.98 Å². The average molecular weight is 242 g/mol. The zero-order valence-corrected chi connectivity index (χ0v) is 9.84. The molecule has 3 rings (SSSR count). The smallest absolute Gasteiger partial charge is 0.197 e. The molecule has 1 aromatic carbocycles. The van der Waals surface area contributed by atoms with Crippen LogP contribution in [0.2, 0.25) is 0 Å². The third kappa shape index (κ3) is 2.14. The van der Waals surface area contributed by atoms with E-state index in [-0.39, 0.29) is 0 Å². The van der Waals surface area contributed by atoms with Crippen molar-refractivity contribution in [3.05, 3.63) is 54.5 Å². The molecule has 0 radical (unpaired) electrons. The summed E-state index contributed by atoms with van der Waals surface area (Å²) < 4.78 is 1.90. The second kappa shape index (κ2) is 4.55. The molecule has 2 aromatic heterocycles. The molecule has 0 amide bonds. The molecule has 17 heavy (non-hydrogen) atoms. The second-order valence-corrected chi connectivity index (χ2v) is 4.51. The zero-order valence-electron chi connectivity index (χ0n) is 9.02. The summed E-state index contributed by atoms with van der Waals surface area (Å²) in [5, 5.41) is 9.10. The van der Waals surface area contributed by atoms with Crippen LogP contribution in [0.4, 0.5) is 0 Å². The van der Waals surface area contributed by atoms with Crippen LogP contribution in [0, 0.1) is 0 Å². The van der Waals surface area contributed by atoms with Crippen molar-refractivity contribution in [3.8, 4) is 0 Å². The van der Waals surface area contributed by atoms with E-state index in [0.717, 1.165) is 16.6 Å². The predicted octanol–water partition coefficient (Wildman–Crippen LogP) is 2.42. The fraction of sp³-hybridized carbons (Fsp3) is 0.0833. The molecule has 0 atom stereocenters.